The Morgan fingerprint density at radius 2 is 1.67 bits per heavy atom. The summed E-state index contributed by atoms with van der Waals surface area (Å²) < 4.78 is 27.3. The smallest absolute Gasteiger partial charge is 0.343 e. The SMILES string of the molecule is O=C(Oc1ccccc1/C=N/NC(=O)[C@@H]1COc2ccccc2O1)c1ccc2c(c1)OCO2. The molecule has 9 nitrogen and oxygen atoms in total. The summed E-state index contributed by atoms with van der Waals surface area (Å²) in [6, 6.07) is 18.7. The zero-order valence-electron chi connectivity index (χ0n) is 17.2. The lowest BCUT2D eigenvalue weighted by Crippen LogP contribution is -2.42. The molecule has 0 saturated carbocycles. The highest BCUT2D eigenvalue weighted by Crippen LogP contribution is 2.33. The van der Waals surface area contributed by atoms with Crippen molar-refractivity contribution in [3.05, 3.63) is 77.9 Å². The number of para-hydroxylation sites is 3. The van der Waals surface area contributed by atoms with Crippen LogP contribution in [0.1, 0.15) is 15.9 Å². The number of benzene rings is 3. The molecular weight excluding hydrogens is 428 g/mol. The van der Waals surface area contributed by atoms with Gasteiger partial charge in [-0.3, -0.25) is 4.79 Å². The number of ether oxygens (including phenoxy) is 5. The zero-order valence-corrected chi connectivity index (χ0v) is 17.2. The molecule has 0 aliphatic carbocycles. The van der Waals surface area contributed by atoms with Crippen LogP contribution in [-0.4, -0.2) is 37.6 Å². The summed E-state index contributed by atoms with van der Waals surface area (Å²) in [5, 5.41) is 3.97. The fourth-order valence-electron chi connectivity index (χ4n) is 3.25. The second-order valence-electron chi connectivity index (χ2n) is 7.09. The quantitative estimate of drug-likeness (QED) is 0.278. The van der Waals surface area contributed by atoms with Gasteiger partial charge in [-0.15, -0.1) is 0 Å². The second kappa shape index (κ2) is 8.91. The summed E-state index contributed by atoms with van der Waals surface area (Å²) >= 11 is 0. The Labute approximate surface area is 188 Å². The molecule has 0 spiro atoms. The molecule has 0 aromatic heterocycles. The number of hydrogen-bond acceptors (Lipinski definition) is 8. The molecule has 3 aromatic rings. The number of fused-ring (bicyclic) bond motifs is 2. The van der Waals surface area contributed by atoms with Crippen LogP contribution < -0.4 is 29.1 Å². The molecular formula is C24H18N2O7. The first-order valence-corrected chi connectivity index (χ1v) is 10.1. The Kier molecular flexibility index (Phi) is 5.50. The third-order valence-electron chi connectivity index (χ3n) is 4.91. The average Bonchev–Trinajstić information content (AvgIpc) is 3.32. The average molecular weight is 446 g/mol. The predicted molar refractivity (Wildman–Crippen MR) is 116 cm³/mol. The molecule has 2 heterocycles. The molecule has 0 saturated heterocycles. The van der Waals surface area contributed by atoms with Gasteiger partial charge in [0.05, 0.1) is 11.8 Å². The number of nitrogens with one attached hydrogen (secondary N) is 1. The van der Waals surface area contributed by atoms with Gasteiger partial charge in [0.1, 0.15) is 12.4 Å². The molecule has 2 aliphatic rings. The van der Waals surface area contributed by atoms with Crippen molar-refractivity contribution >= 4 is 18.1 Å². The first-order valence-electron chi connectivity index (χ1n) is 10.1. The van der Waals surface area contributed by atoms with Crippen molar-refractivity contribution in [1.82, 2.24) is 5.43 Å². The highest BCUT2D eigenvalue weighted by molar-refractivity contribution is 5.94. The minimum Gasteiger partial charge on any atom is -0.485 e. The van der Waals surface area contributed by atoms with Crippen LogP contribution in [0, 0.1) is 0 Å². The number of nitrogens with zero attached hydrogens (tertiary/aromatic N) is 1. The van der Waals surface area contributed by atoms with Gasteiger partial charge >= 0.3 is 5.97 Å². The van der Waals surface area contributed by atoms with Crippen molar-refractivity contribution in [3.63, 3.8) is 0 Å². The van der Waals surface area contributed by atoms with Gasteiger partial charge in [-0.25, -0.2) is 10.2 Å². The summed E-state index contributed by atoms with van der Waals surface area (Å²) in [6.07, 6.45) is 0.550. The van der Waals surface area contributed by atoms with Gasteiger partial charge in [0.15, 0.2) is 23.0 Å². The Bertz CT molecular complexity index is 1240. The van der Waals surface area contributed by atoms with E-state index in [2.05, 4.69) is 10.5 Å². The van der Waals surface area contributed by atoms with Crippen LogP contribution in [0.4, 0.5) is 0 Å². The van der Waals surface area contributed by atoms with E-state index in [4.69, 9.17) is 23.7 Å². The number of carbonyl (C=O) groups is 2. The van der Waals surface area contributed by atoms with Crippen molar-refractivity contribution in [2.75, 3.05) is 13.4 Å². The van der Waals surface area contributed by atoms with E-state index in [1.165, 1.54) is 6.21 Å². The largest absolute Gasteiger partial charge is 0.485 e. The van der Waals surface area contributed by atoms with E-state index in [1.54, 1.807) is 60.7 Å². The number of carbonyl (C=O) groups excluding carboxylic acids is 2. The van der Waals surface area contributed by atoms with Crippen LogP contribution in [0.15, 0.2) is 71.8 Å². The van der Waals surface area contributed by atoms with Gasteiger partial charge in [0, 0.05) is 5.56 Å². The molecule has 0 unspecified atom stereocenters. The Balaban J connectivity index is 1.23. The summed E-state index contributed by atoms with van der Waals surface area (Å²) in [5.74, 6) is 1.39. The van der Waals surface area contributed by atoms with Crippen LogP contribution >= 0.6 is 0 Å². The van der Waals surface area contributed by atoms with E-state index in [-0.39, 0.29) is 19.1 Å². The van der Waals surface area contributed by atoms with E-state index in [9.17, 15) is 9.59 Å². The Morgan fingerprint density at radius 1 is 0.909 bits per heavy atom. The standard InChI is InChI=1S/C24H18N2O7/c27-23(22-13-29-18-7-3-4-8-20(18)32-22)26-25-12-16-5-1-2-6-17(16)33-24(28)15-9-10-19-21(11-15)31-14-30-19/h1-12,22H,13-14H2,(H,26,27)/b25-12+/t22-/m0/s1. The third kappa shape index (κ3) is 4.42. The number of amides is 1. The van der Waals surface area contributed by atoms with Gasteiger partial charge in [-0.05, 0) is 42.5 Å². The third-order valence-corrected chi connectivity index (χ3v) is 4.91. The highest BCUT2D eigenvalue weighted by Gasteiger charge is 2.27. The first-order chi connectivity index (χ1) is 16.2. The molecule has 166 valence electrons. The molecule has 2 aliphatic heterocycles. The lowest BCUT2D eigenvalue weighted by atomic mass is 10.2. The number of hydrazone groups is 1. The monoisotopic (exact) mass is 446 g/mol. The maximum atomic E-state index is 12.6. The van der Waals surface area contributed by atoms with Crippen LogP contribution in [0.25, 0.3) is 0 Å². The highest BCUT2D eigenvalue weighted by atomic mass is 16.7. The van der Waals surface area contributed by atoms with E-state index in [0.717, 1.165) is 0 Å². The molecule has 0 fully saturated rings. The van der Waals surface area contributed by atoms with Gasteiger partial charge < -0.3 is 23.7 Å². The van der Waals surface area contributed by atoms with Crippen molar-refractivity contribution in [2.24, 2.45) is 5.10 Å². The Morgan fingerprint density at radius 3 is 2.58 bits per heavy atom. The van der Waals surface area contributed by atoms with E-state index in [1.807, 2.05) is 6.07 Å². The van der Waals surface area contributed by atoms with Crippen molar-refractivity contribution in [1.29, 1.82) is 0 Å². The summed E-state index contributed by atoms with van der Waals surface area (Å²) in [7, 11) is 0. The Hall–Kier alpha value is -4.53. The van der Waals surface area contributed by atoms with Crippen molar-refractivity contribution in [2.45, 2.75) is 6.10 Å². The maximum Gasteiger partial charge on any atom is 0.343 e. The summed E-state index contributed by atoms with van der Waals surface area (Å²) in [5.41, 5.74) is 3.24. The van der Waals surface area contributed by atoms with Crippen LogP contribution in [-0.2, 0) is 4.79 Å². The second-order valence-corrected chi connectivity index (χ2v) is 7.09. The summed E-state index contributed by atoms with van der Waals surface area (Å²) in [6.45, 7) is 0.186. The minimum absolute atomic E-state index is 0.0715. The maximum absolute atomic E-state index is 12.6. The molecule has 1 N–H and O–H groups in total. The fraction of sp³-hybridized carbons (Fsp3) is 0.125. The normalized spacial score (nSPS) is 15.8. The van der Waals surface area contributed by atoms with E-state index in [0.29, 0.717) is 34.1 Å². The minimum atomic E-state index is -0.837. The zero-order chi connectivity index (χ0) is 22.6. The lowest BCUT2D eigenvalue weighted by Gasteiger charge is -2.24. The molecule has 3 aromatic carbocycles. The molecule has 0 bridgehead atoms. The summed E-state index contributed by atoms with van der Waals surface area (Å²) in [4.78, 5) is 25.0. The van der Waals surface area contributed by atoms with Gasteiger partial charge in [-0.2, -0.15) is 5.10 Å². The molecule has 9 heteroatoms. The van der Waals surface area contributed by atoms with Crippen LogP contribution in [0.5, 0.6) is 28.7 Å². The topological polar surface area (TPSA) is 105 Å². The van der Waals surface area contributed by atoms with E-state index >= 15 is 0 Å². The van der Waals surface area contributed by atoms with E-state index < -0.39 is 18.0 Å². The number of hydrogen-bond donors (Lipinski definition) is 1. The van der Waals surface area contributed by atoms with Crippen molar-refractivity contribution < 1.29 is 33.3 Å². The predicted octanol–water partition coefficient (Wildman–Crippen LogP) is 2.92. The number of esters is 1. The number of rotatable bonds is 5. The molecule has 1 atom stereocenters. The lowest BCUT2D eigenvalue weighted by molar-refractivity contribution is -0.130. The van der Waals surface area contributed by atoms with Gasteiger partial charge in [0.2, 0.25) is 12.9 Å². The molecule has 0 radical (unpaired) electrons. The molecule has 5 rings (SSSR count). The van der Waals surface area contributed by atoms with Gasteiger partial charge in [-0.1, -0.05) is 24.3 Å². The van der Waals surface area contributed by atoms with Crippen molar-refractivity contribution in [3.8, 4) is 28.7 Å². The fourth-order valence-corrected chi connectivity index (χ4v) is 3.25. The molecule has 1 amide bonds. The first kappa shape index (κ1) is 20.4. The van der Waals surface area contributed by atoms with Gasteiger partial charge in [0.25, 0.3) is 5.91 Å². The van der Waals surface area contributed by atoms with Crippen LogP contribution in [0.3, 0.4) is 0 Å². The molecule has 33 heavy (non-hydrogen) atoms. The van der Waals surface area contributed by atoms with Crippen LogP contribution in [0.2, 0.25) is 0 Å².